The molecule has 24 heavy (non-hydrogen) atoms. The molecule has 7 nitrogen and oxygen atoms in total. The molecule has 1 N–H and O–H groups in total. The molecule has 0 unspecified atom stereocenters. The van der Waals surface area contributed by atoms with Crippen LogP contribution in [0.15, 0.2) is 48.5 Å². The molecule has 0 atom stereocenters. The maximum atomic E-state index is 11.0. The van der Waals surface area contributed by atoms with E-state index in [9.17, 15) is 24.0 Å². The highest BCUT2D eigenvalue weighted by molar-refractivity contribution is 6.33. The minimum absolute atomic E-state index is 0.00917. The molecule has 0 saturated carbocycles. The maximum Gasteiger partial charge on any atom is 0.346 e. The molecule has 120 valence electrons. The van der Waals surface area contributed by atoms with Crippen molar-refractivity contribution in [2.75, 3.05) is 0 Å². The highest BCUT2D eigenvalue weighted by Gasteiger charge is 2.30. The second kappa shape index (κ2) is 7.10. The molecule has 2 aromatic rings. The van der Waals surface area contributed by atoms with E-state index < -0.39 is 23.7 Å². The van der Waals surface area contributed by atoms with Gasteiger partial charge in [0.25, 0.3) is 0 Å². The highest BCUT2D eigenvalue weighted by atomic mass is 16.6. The van der Waals surface area contributed by atoms with Crippen LogP contribution in [0.2, 0.25) is 0 Å². The Kier molecular flexibility index (Phi) is 4.96. The number of hydrogen-bond donors (Lipinski definition) is 1. The number of ketones is 1. The number of Topliss-reactive ketones (excluding diaryl/α,β-unsaturated/α-hetero) is 1. The lowest BCUT2D eigenvalue weighted by Gasteiger charge is -1.94. The smallest absolute Gasteiger partial charge is 0.346 e. The fourth-order valence-corrected chi connectivity index (χ4v) is 1.89. The molecule has 1 heterocycles. The van der Waals surface area contributed by atoms with Gasteiger partial charge in [-0.15, -0.1) is 0 Å². The number of cyclic esters (lactones) is 2. The van der Waals surface area contributed by atoms with Gasteiger partial charge < -0.3 is 9.84 Å². The summed E-state index contributed by atoms with van der Waals surface area (Å²) < 4.78 is 4.30. The van der Waals surface area contributed by atoms with E-state index in [1.807, 2.05) is 0 Å². The zero-order chi connectivity index (χ0) is 17.7. The van der Waals surface area contributed by atoms with E-state index in [1.165, 1.54) is 12.1 Å². The number of ether oxygens (including phenoxy) is 1. The number of rotatable bonds is 3. The van der Waals surface area contributed by atoms with Crippen molar-refractivity contribution >= 4 is 30.0 Å². The van der Waals surface area contributed by atoms with Crippen LogP contribution in [0, 0.1) is 0 Å². The van der Waals surface area contributed by atoms with Crippen LogP contribution in [0.1, 0.15) is 41.4 Å². The van der Waals surface area contributed by atoms with Crippen LogP contribution < -0.4 is 0 Å². The quantitative estimate of drug-likeness (QED) is 0.300. The molecule has 3 rings (SSSR count). The van der Waals surface area contributed by atoms with Gasteiger partial charge in [0.15, 0.2) is 6.29 Å². The maximum absolute atomic E-state index is 11.0. The molecule has 2 aromatic carbocycles. The molecule has 0 aliphatic carbocycles. The lowest BCUT2D eigenvalue weighted by molar-refractivity contribution is -0.104. The molecule has 0 spiro atoms. The van der Waals surface area contributed by atoms with E-state index in [4.69, 9.17) is 5.11 Å². The number of fused-ring (bicyclic) bond motifs is 1. The molecule has 7 heteroatoms. The fraction of sp³-hybridized carbons (Fsp3) is 0. The van der Waals surface area contributed by atoms with Crippen LogP contribution in [-0.4, -0.2) is 35.1 Å². The topological polar surface area (TPSA) is 115 Å². The molecule has 1 aliphatic heterocycles. The second-order valence-electron chi connectivity index (χ2n) is 4.59. The standard InChI is InChI=1S/C9H4O5.C8H6O2/c10-7(11)4-1-2-5-6(3-4)9(13)14-8(5)12;9-6-8(10)7-4-2-1-3-5-7/h1-3H,(H,10,11);1-6H. The largest absolute Gasteiger partial charge is 0.478 e. The second-order valence-corrected chi connectivity index (χ2v) is 4.59. The van der Waals surface area contributed by atoms with Gasteiger partial charge in [0.05, 0.1) is 16.7 Å². The number of carbonyl (C=O) groups excluding carboxylic acids is 4. The van der Waals surface area contributed by atoms with Crippen LogP contribution in [0.4, 0.5) is 0 Å². The first-order valence-corrected chi connectivity index (χ1v) is 6.62. The number of aldehydes is 1. The van der Waals surface area contributed by atoms with E-state index in [0.717, 1.165) is 6.07 Å². The van der Waals surface area contributed by atoms with Gasteiger partial charge in [-0.25, -0.2) is 14.4 Å². The minimum Gasteiger partial charge on any atom is -0.478 e. The predicted octanol–water partition coefficient (Wildman–Crippen LogP) is 1.76. The van der Waals surface area contributed by atoms with Crippen molar-refractivity contribution in [2.24, 2.45) is 0 Å². The summed E-state index contributed by atoms with van der Waals surface area (Å²) >= 11 is 0. The predicted molar refractivity (Wildman–Crippen MR) is 80.0 cm³/mol. The number of aromatic carboxylic acids is 1. The Morgan fingerprint density at radius 2 is 1.50 bits per heavy atom. The Morgan fingerprint density at radius 1 is 0.875 bits per heavy atom. The Bertz CT molecular complexity index is 837. The van der Waals surface area contributed by atoms with Crippen LogP contribution in [0.25, 0.3) is 0 Å². The summed E-state index contributed by atoms with van der Waals surface area (Å²) in [5, 5.41) is 8.63. The van der Waals surface area contributed by atoms with Gasteiger partial charge in [0.1, 0.15) is 0 Å². The first-order valence-electron chi connectivity index (χ1n) is 6.62. The van der Waals surface area contributed by atoms with E-state index >= 15 is 0 Å². The van der Waals surface area contributed by atoms with Gasteiger partial charge in [-0.2, -0.15) is 0 Å². The summed E-state index contributed by atoms with van der Waals surface area (Å²) in [5.41, 5.74) is 0.516. The zero-order valence-electron chi connectivity index (χ0n) is 12.1. The fourth-order valence-electron chi connectivity index (χ4n) is 1.89. The monoisotopic (exact) mass is 326 g/mol. The van der Waals surface area contributed by atoms with Gasteiger partial charge in [0, 0.05) is 5.56 Å². The van der Waals surface area contributed by atoms with Crippen LogP contribution >= 0.6 is 0 Å². The summed E-state index contributed by atoms with van der Waals surface area (Å²) in [4.78, 5) is 53.1. The number of benzene rings is 2. The summed E-state index contributed by atoms with van der Waals surface area (Å²) in [5.74, 6) is -3.16. The summed E-state index contributed by atoms with van der Waals surface area (Å²) in [6.07, 6.45) is 0.315. The molecule has 0 aromatic heterocycles. The molecule has 0 bridgehead atoms. The van der Waals surface area contributed by atoms with Crippen molar-refractivity contribution in [1.82, 2.24) is 0 Å². The van der Waals surface area contributed by atoms with Gasteiger partial charge in [-0.1, -0.05) is 30.3 Å². The first kappa shape index (κ1) is 16.8. The van der Waals surface area contributed by atoms with Gasteiger partial charge >= 0.3 is 17.9 Å². The van der Waals surface area contributed by atoms with Crippen molar-refractivity contribution in [1.29, 1.82) is 0 Å². The van der Waals surface area contributed by atoms with E-state index in [2.05, 4.69) is 4.74 Å². The third-order valence-corrected chi connectivity index (χ3v) is 3.06. The molecule has 0 fully saturated rings. The molecular formula is C17H10O7. The average molecular weight is 326 g/mol. The normalized spacial score (nSPS) is 11.7. The van der Waals surface area contributed by atoms with Crippen LogP contribution in [0.3, 0.4) is 0 Å². The molecular weight excluding hydrogens is 316 g/mol. The molecule has 0 amide bonds. The third kappa shape index (κ3) is 3.58. The Labute approximate surface area is 135 Å². The van der Waals surface area contributed by atoms with Gasteiger partial charge in [-0.3, -0.25) is 9.59 Å². The zero-order valence-corrected chi connectivity index (χ0v) is 12.1. The molecule has 0 saturated heterocycles. The van der Waals surface area contributed by atoms with Crippen LogP contribution in [0.5, 0.6) is 0 Å². The van der Waals surface area contributed by atoms with Crippen molar-refractivity contribution in [3.63, 3.8) is 0 Å². The minimum atomic E-state index is -1.15. The third-order valence-electron chi connectivity index (χ3n) is 3.06. The van der Waals surface area contributed by atoms with Crippen molar-refractivity contribution in [2.45, 2.75) is 0 Å². The van der Waals surface area contributed by atoms with E-state index in [0.29, 0.717) is 11.8 Å². The summed E-state index contributed by atoms with van der Waals surface area (Å²) in [6, 6.07) is 12.1. The number of hydrogen-bond acceptors (Lipinski definition) is 6. The van der Waals surface area contributed by atoms with E-state index in [-0.39, 0.29) is 16.7 Å². The Morgan fingerprint density at radius 3 is 2.08 bits per heavy atom. The number of carbonyl (C=O) groups is 5. The summed E-state index contributed by atoms with van der Waals surface area (Å²) in [7, 11) is 0. The highest BCUT2D eigenvalue weighted by Crippen LogP contribution is 2.20. The van der Waals surface area contributed by atoms with Crippen LogP contribution in [-0.2, 0) is 9.53 Å². The SMILES string of the molecule is O=C(O)c1ccc2c(c1)C(=O)OC2=O.O=CC(=O)c1ccccc1. The molecule has 0 radical (unpaired) electrons. The van der Waals surface area contributed by atoms with Crippen molar-refractivity contribution in [3.05, 3.63) is 70.8 Å². The van der Waals surface area contributed by atoms with E-state index in [1.54, 1.807) is 30.3 Å². The number of carboxylic acids is 1. The molecule has 1 aliphatic rings. The Balaban J connectivity index is 0.000000185. The lowest BCUT2D eigenvalue weighted by Crippen LogP contribution is -2.00. The lowest BCUT2D eigenvalue weighted by atomic mass is 10.1. The van der Waals surface area contributed by atoms with Crippen molar-refractivity contribution < 1.29 is 33.8 Å². The summed E-state index contributed by atoms with van der Waals surface area (Å²) in [6.45, 7) is 0. The van der Waals surface area contributed by atoms with Gasteiger partial charge in [-0.05, 0) is 18.2 Å². The average Bonchev–Trinajstić information content (AvgIpc) is 2.89. The number of carboxylic acid groups (broad SMARTS) is 1. The Hall–Kier alpha value is -3.61. The first-order chi connectivity index (χ1) is 11.4. The van der Waals surface area contributed by atoms with Gasteiger partial charge in [0.2, 0.25) is 5.78 Å². The number of esters is 2. The van der Waals surface area contributed by atoms with Crippen molar-refractivity contribution in [3.8, 4) is 0 Å².